The molecule has 2 aromatic rings. The molecule has 0 atom stereocenters. The maximum absolute atomic E-state index is 4.51. The molecule has 1 saturated carbocycles. The fourth-order valence-corrected chi connectivity index (χ4v) is 2.20. The molecule has 1 N–H and O–H groups in total. The molecule has 1 aliphatic carbocycles. The van der Waals surface area contributed by atoms with Gasteiger partial charge in [-0.1, -0.05) is 0 Å². The first-order chi connectivity index (χ1) is 7.90. The van der Waals surface area contributed by atoms with Gasteiger partial charge in [0.2, 0.25) is 0 Å². The average molecular weight is 234 g/mol. The van der Waals surface area contributed by atoms with Crippen molar-refractivity contribution >= 4 is 11.3 Å². The first-order valence-electron chi connectivity index (χ1n) is 5.54. The molecule has 1 aliphatic rings. The highest BCUT2D eigenvalue weighted by Crippen LogP contribution is 2.19. The van der Waals surface area contributed by atoms with Gasteiger partial charge in [0.1, 0.15) is 5.01 Å². The van der Waals surface area contributed by atoms with Gasteiger partial charge in [0.25, 0.3) is 0 Å². The van der Waals surface area contributed by atoms with Gasteiger partial charge >= 0.3 is 0 Å². The van der Waals surface area contributed by atoms with Crippen molar-refractivity contribution in [2.45, 2.75) is 32.0 Å². The van der Waals surface area contributed by atoms with Gasteiger partial charge in [0.05, 0.1) is 12.2 Å². The molecule has 1 fully saturated rings. The maximum Gasteiger partial charge on any atom is 0.114 e. The van der Waals surface area contributed by atoms with Crippen LogP contribution in [0.25, 0.3) is 0 Å². The number of hydrogen-bond donors (Lipinski definition) is 1. The highest BCUT2D eigenvalue weighted by molar-refractivity contribution is 7.09. The fourth-order valence-electron chi connectivity index (χ4n) is 1.59. The standard InChI is InChI=1S/C11H14N4S/c1-2-9(1)13-7-10-3-5-15(14-10)8-11-12-4-6-16-11/h3-6,9,13H,1-2,7-8H2. The molecule has 4 nitrogen and oxygen atoms in total. The zero-order valence-electron chi connectivity index (χ0n) is 8.97. The van der Waals surface area contributed by atoms with Crippen molar-refractivity contribution in [1.82, 2.24) is 20.1 Å². The minimum absolute atomic E-state index is 0.740. The number of rotatable bonds is 5. The molecule has 0 bridgehead atoms. The van der Waals surface area contributed by atoms with Crippen molar-refractivity contribution in [1.29, 1.82) is 0 Å². The molecule has 2 heterocycles. The zero-order chi connectivity index (χ0) is 10.8. The Morgan fingerprint density at radius 1 is 1.50 bits per heavy atom. The molecule has 5 heteroatoms. The highest BCUT2D eigenvalue weighted by Gasteiger charge is 2.20. The van der Waals surface area contributed by atoms with Crippen LogP contribution in [0.4, 0.5) is 0 Å². The lowest BCUT2D eigenvalue weighted by atomic mass is 10.4. The molecule has 16 heavy (non-hydrogen) atoms. The third kappa shape index (κ3) is 2.48. The predicted octanol–water partition coefficient (Wildman–Crippen LogP) is 1.64. The van der Waals surface area contributed by atoms with Gasteiger partial charge in [-0.05, 0) is 18.9 Å². The minimum Gasteiger partial charge on any atom is -0.308 e. The van der Waals surface area contributed by atoms with E-state index in [1.807, 2.05) is 22.5 Å². The van der Waals surface area contributed by atoms with Crippen molar-refractivity contribution in [3.63, 3.8) is 0 Å². The van der Waals surface area contributed by atoms with Crippen LogP contribution < -0.4 is 5.32 Å². The van der Waals surface area contributed by atoms with E-state index in [1.165, 1.54) is 12.8 Å². The summed E-state index contributed by atoms with van der Waals surface area (Å²) in [4.78, 5) is 4.25. The van der Waals surface area contributed by atoms with Gasteiger partial charge in [-0.3, -0.25) is 4.68 Å². The van der Waals surface area contributed by atoms with E-state index >= 15 is 0 Å². The van der Waals surface area contributed by atoms with E-state index in [0.29, 0.717) is 0 Å². The van der Waals surface area contributed by atoms with E-state index in [0.717, 1.165) is 29.8 Å². The Balaban J connectivity index is 1.58. The summed E-state index contributed by atoms with van der Waals surface area (Å²) in [5.74, 6) is 0. The van der Waals surface area contributed by atoms with Gasteiger partial charge in [-0.2, -0.15) is 5.10 Å². The maximum atomic E-state index is 4.51. The van der Waals surface area contributed by atoms with Crippen LogP contribution in [0.1, 0.15) is 23.5 Å². The second kappa shape index (κ2) is 4.35. The number of hydrogen-bond acceptors (Lipinski definition) is 4. The summed E-state index contributed by atoms with van der Waals surface area (Å²) in [6.07, 6.45) is 6.49. The summed E-state index contributed by atoms with van der Waals surface area (Å²) < 4.78 is 1.95. The summed E-state index contributed by atoms with van der Waals surface area (Å²) in [5, 5.41) is 11.1. The van der Waals surface area contributed by atoms with E-state index in [9.17, 15) is 0 Å². The summed E-state index contributed by atoms with van der Waals surface area (Å²) >= 11 is 1.67. The predicted molar refractivity (Wildman–Crippen MR) is 63.3 cm³/mol. The Morgan fingerprint density at radius 3 is 3.19 bits per heavy atom. The molecule has 0 radical (unpaired) electrons. The van der Waals surface area contributed by atoms with Gasteiger partial charge in [-0.15, -0.1) is 11.3 Å². The lowest BCUT2D eigenvalue weighted by molar-refractivity contribution is 0.630. The molecule has 0 amide bonds. The molecule has 0 unspecified atom stereocenters. The lowest BCUT2D eigenvalue weighted by Crippen LogP contribution is -2.16. The van der Waals surface area contributed by atoms with E-state index in [2.05, 4.69) is 21.5 Å². The van der Waals surface area contributed by atoms with E-state index < -0.39 is 0 Å². The molecule has 0 aromatic carbocycles. The van der Waals surface area contributed by atoms with Gasteiger partial charge < -0.3 is 5.32 Å². The molecular weight excluding hydrogens is 220 g/mol. The average Bonchev–Trinajstić information content (AvgIpc) is 2.78. The highest BCUT2D eigenvalue weighted by atomic mass is 32.1. The van der Waals surface area contributed by atoms with Crippen molar-refractivity contribution < 1.29 is 0 Å². The fraction of sp³-hybridized carbons (Fsp3) is 0.455. The molecular formula is C11H14N4S. The quantitative estimate of drug-likeness (QED) is 0.855. The number of nitrogens with zero attached hydrogens (tertiary/aromatic N) is 3. The summed E-state index contributed by atoms with van der Waals surface area (Å²) in [6, 6.07) is 2.81. The van der Waals surface area contributed by atoms with Gasteiger partial charge in [0.15, 0.2) is 0 Å². The molecule has 3 rings (SSSR count). The van der Waals surface area contributed by atoms with Crippen LogP contribution in [0.2, 0.25) is 0 Å². The van der Waals surface area contributed by atoms with Crippen LogP contribution >= 0.6 is 11.3 Å². The first kappa shape index (κ1) is 9.99. The monoisotopic (exact) mass is 234 g/mol. The van der Waals surface area contributed by atoms with Crippen molar-refractivity contribution in [2.75, 3.05) is 0 Å². The van der Waals surface area contributed by atoms with Crippen molar-refractivity contribution in [2.24, 2.45) is 0 Å². The van der Waals surface area contributed by atoms with Gasteiger partial charge in [0, 0.05) is 30.4 Å². The lowest BCUT2D eigenvalue weighted by Gasteiger charge is -1.99. The van der Waals surface area contributed by atoms with Crippen LogP contribution in [0.3, 0.4) is 0 Å². The van der Waals surface area contributed by atoms with Crippen LogP contribution in [-0.4, -0.2) is 20.8 Å². The smallest absolute Gasteiger partial charge is 0.114 e. The van der Waals surface area contributed by atoms with E-state index in [1.54, 1.807) is 11.3 Å². The second-order valence-electron chi connectivity index (χ2n) is 4.09. The molecule has 2 aromatic heterocycles. The molecule has 0 saturated heterocycles. The molecule has 84 valence electrons. The summed E-state index contributed by atoms with van der Waals surface area (Å²) in [5.41, 5.74) is 1.11. The van der Waals surface area contributed by atoms with Crippen LogP contribution in [0.15, 0.2) is 23.8 Å². The Hall–Kier alpha value is -1.20. The Morgan fingerprint density at radius 2 is 2.44 bits per heavy atom. The van der Waals surface area contributed by atoms with Crippen molar-refractivity contribution in [3.8, 4) is 0 Å². The van der Waals surface area contributed by atoms with E-state index in [-0.39, 0.29) is 0 Å². The summed E-state index contributed by atoms with van der Waals surface area (Å²) in [6.45, 7) is 1.66. The SMILES string of the molecule is c1csc(Cn2ccc(CNC3CC3)n2)n1. The van der Waals surface area contributed by atoms with Crippen LogP contribution in [0, 0.1) is 0 Å². The zero-order valence-corrected chi connectivity index (χ0v) is 9.78. The molecule has 0 aliphatic heterocycles. The minimum atomic E-state index is 0.740. The second-order valence-corrected chi connectivity index (χ2v) is 5.06. The number of nitrogens with one attached hydrogen (secondary N) is 1. The largest absolute Gasteiger partial charge is 0.308 e. The van der Waals surface area contributed by atoms with Gasteiger partial charge in [-0.25, -0.2) is 4.98 Å². The topological polar surface area (TPSA) is 42.7 Å². The Bertz CT molecular complexity index is 444. The normalized spacial score (nSPS) is 15.5. The summed E-state index contributed by atoms with van der Waals surface area (Å²) in [7, 11) is 0. The Labute approximate surface area is 98.3 Å². The van der Waals surface area contributed by atoms with Crippen LogP contribution in [-0.2, 0) is 13.1 Å². The molecule has 0 spiro atoms. The number of thiazole rings is 1. The van der Waals surface area contributed by atoms with Crippen molar-refractivity contribution in [3.05, 3.63) is 34.5 Å². The van der Waals surface area contributed by atoms with Crippen LogP contribution in [0.5, 0.6) is 0 Å². The third-order valence-corrected chi connectivity index (χ3v) is 3.39. The first-order valence-corrected chi connectivity index (χ1v) is 6.42. The Kier molecular flexibility index (Phi) is 2.71. The number of aromatic nitrogens is 3. The van der Waals surface area contributed by atoms with E-state index in [4.69, 9.17) is 0 Å². The third-order valence-electron chi connectivity index (χ3n) is 2.63.